The van der Waals surface area contributed by atoms with Crippen molar-refractivity contribution in [1.82, 2.24) is 10.2 Å². The molecule has 0 bridgehead atoms. The zero-order valence-corrected chi connectivity index (χ0v) is 10.7. The number of benzene rings is 1. The van der Waals surface area contributed by atoms with Crippen LogP contribution in [0.25, 0.3) is 0 Å². The molecule has 0 unspecified atom stereocenters. The normalized spacial score (nSPS) is 14.5. The van der Waals surface area contributed by atoms with Gasteiger partial charge in [0.25, 0.3) is 0 Å². The second-order valence-electron chi connectivity index (χ2n) is 4.33. The van der Waals surface area contributed by atoms with Gasteiger partial charge >= 0.3 is 12.1 Å². The van der Waals surface area contributed by atoms with Crippen LogP contribution in [0.15, 0.2) is 24.3 Å². The number of carbonyl (C=O) groups excluding carboxylic acids is 3. The Morgan fingerprint density at radius 1 is 1.25 bits per heavy atom. The second-order valence-corrected chi connectivity index (χ2v) is 4.33. The molecule has 0 radical (unpaired) electrons. The van der Waals surface area contributed by atoms with Crippen LogP contribution >= 0.6 is 0 Å². The van der Waals surface area contributed by atoms with Crippen molar-refractivity contribution in [2.75, 3.05) is 30.3 Å². The number of carbonyl (C=O) groups is 3. The Bertz CT molecular complexity index is 560. The van der Waals surface area contributed by atoms with Gasteiger partial charge < -0.3 is 16.4 Å². The van der Waals surface area contributed by atoms with Crippen molar-refractivity contribution in [3.05, 3.63) is 24.3 Å². The van der Waals surface area contributed by atoms with Crippen molar-refractivity contribution >= 4 is 29.3 Å². The minimum atomic E-state index is -0.939. The summed E-state index contributed by atoms with van der Waals surface area (Å²) in [5, 5.41) is 1.92. The maximum absolute atomic E-state index is 12.2. The molecule has 1 aromatic rings. The Hall–Kier alpha value is -2.77. The highest BCUT2D eigenvalue weighted by Crippen LogP contribution is 2.25. The molecule has 1 heterocycles. The molecule has 1 aliphatic heterocycles. The summed E-state index contributed by atoms with van der Waals surface area (Å²) in [5.41, 5.74) is 11.8. The highest BCUT2D eigenvalue weighted by molar-refractivity contribution is 6.00. The van der Waals surface area contributed by atoms with Gasteiger partial charge in [0.2, 0.25) is 5.91 Å². The number of rotatable bonds is 3. The molecule has 1 fully saturated rings. The molecular weight excluding hydrogens is 262 g/mol. The largest absolute Gasteiger partial charge is 0.397 e. The van der Waals surface area contributed by atoms with E-state index < -0.39 is 11.9 Å². The van der Waals surface area contributed by atoms with Gasteiger partial charge in [0, 0.05) is 13.1 Å². The molecule has 8 nitrogen and oxygen atoms in total. The van der Waals surface area contributed by atoms with E-state index in [9.17, 15) is 14.4 Å². The van der Waals surface area contributed by atoms with E-state index in [0.717, 1.165) is 0 Å². The molecule has 5 N–H and O–H groups in total. The van der Waals surface area contributed by atoms with Gasteiger partial charge in [0.1, 0.15) is 6.54 Å². The third kappa shape index (κ3) is 2.79. The first-order valence-electron chi connectivity index (χ1n) is 5.99. The second kappa shape index (κ2) is 5.47. The lowest BCUT2D eigenvalue weighted by atomic mass is 10.2. The molecule has 8 heteroatoms. The summed E-state index contributed by atoms with van der Waals surface area (Å²) in [4.78, 5) is 37.0. The van der Waals surface area contributed by atoms with E-state index in [1.807, 2.05) is 5.32 Å². The number of amides is 5. The van der Waals surface area contributed by atoms with E-state index in [-0.39, 0.29) is 12.6 Å². The van der Waals surface area contributed by atoms with Crippen LogP contribution in [0.3, 0.4) is 0 Å². The average Bonchev–Trinajstić information content (AvgIpc) is 2.71. The van der Waals surface area contributed by atoms with Gasteiger partial charge in [-0.1, -0.05) is 12.1 Å². The summed E-state index contributed by atoms with van der Waals surface area (Å²) in [7, 11) is 0. The number of anilines is 2. The van der Waals surface area contributed by atoms with Crippen molar-refractivity contribution in [2.45, 2.75) is 0 Å². The van der Waals surface area contributed by atoms with Gasteiger partial charge in [-0.2, -0.15) is 0 Å². The van der Waals surface area contributed by atoms with Crippen LogP contribution < -0.4 is 21.7 Å². The highest BCUT2D eigenvalue weighted by Gasteiger charge is 2.31. The van der Waals surface area contributed by atoms with Crippen LogP contribution in [0.1, 0.15) is 0 Å². The smallest absolute Gasteiger partial charge is 0.325 e. The number of para-hydroxylation sites is 2. The zero-order chi connectivity index (χ0) is 14.7. The van der Waals surface area contributed by atoms with E-state index in [2.05, 4.69) is 0 Å². The molecule has 5 amide bonds. The van der Waals surface area contributed by atoms with E-state index in [1.54, 1.807) is 24.3 Å². The number of primary amides is 1. The van der Waals surface area contributed by atoms with Gasteiger partial charge in [0.15, 0.2) is 0 Å². The van der Waals surface area contributed by atoms with Gasteiger partial charge in [-0.3, -0.25) is 15.0 Å². The van der Waals surface area contributed by atoms with Gasteiger partial charge in [-0.25, -0.2) is 9.59 Å². The number of nitrogens with zero attached hydrogens (tertiary/aromatic N) is 2. The van der Waals surface area contributed by atoms with Crippen LogP contribution in [0.2, 0.25) is 0 Å². The highest BCUT2D eigenvalue weighted by atomic mass is 16.2. The standard InChI is InChI=1S/C12H15N5O3/c13-8-3-1-2-4-9(8)17-6-5-16(12(17)20)7-10(18)15-11(14)19/h1-4H,5-7,13H2,(H3,14,15,18,19). The number of nitrogen functional groups attached to an aromatic ring is 1. The topological polar surface area (TPSA) is 122 Å². The Kier molecular flexibility index (Phi) is 3.74. The molecule has 0 aromatic heterocycles. The number of hydrogen-bond acceptors (Lipinski definition) is 4. The number of urea groups is 2. The van der Waals surface area contributed by atoms with Crippen molar-refractivity contribution < 1.29 is 14.4 Å². The van der Waals surface area contributed by atoms with Gasteiger partial charge in [-0.05, 0) is 12.1 Å². The molecule has 1 aromatic carbocycles. The monoisotopic (exact) mass is 277 g/mol. The Morgan fingerprint density at radius 2 is 1.95 bits per heavy atom. The fourth-order valence-electron chi connectivity index (χ4n) is 2.04. The first-order valence-corrected chi connectivity index (χ1v) is 5.99. The number of imide groups is 1. The summed E-state index contributed by atoms with van der Waals surface area (Å²) < 4.78 is 0. The van der Waals surface area contributed by atoms with Crippen LogP contribution in [-0.4, -0.2) is 42.5 Å². The Morgan fingerprint density at radius 3 is 2.60 bits per heavy atom. The third-order valence-corrected chi connectivity index (χ3v) is 2.92. The predicted octanol–water partition coefficient (Wildman–Crippen LogP) is -0.294. The Balaban J connectivity index is 2.05. The van der Waals surface area contributed by atoms with E-state index in [1.165, 1.54) is 9.80 Å². The number of nitrogens with two attached hydrogens (primary N) is 2. The van der Waals surface area contributed by atoms with Crippen molar-refractivity contribution in [3.63, 3.8) is 0 Å². The fourth-order valence-corrected chi connectivity index (χ4v) is 2.04. The predicted molar refractivity (Wildman–Crippen MR) is 72.9 cm³/mol. The zero-order valence-electron chi connectivity index (χ0n) is 10.7. The molecule has 0 aliphatic carbocycles. The average molecular weight is 277 g/mol. The lowest BCUT2D eigenvalue weighted by Gasteiger charge is -2.19. The molecule has 2 rings (SSSR count). The summed E-state index contributed by atoms with van der Waals surface area (Å²) in [6, 6.07) is 5.72. The number of hydrogen-bond donors (Lipinski definition) is 3. The molecular formula is C12H15N5O3. The minimum Gasteiger partial charge on any atom is -0.397 e. The maximum Gasteiger partial charge on any atom is 0.325 e. The molecule has 1 aliphatic rings. The van der Waals surface area contributed by atoms with Crippen LogP contribution in [-0.2, 0) is 4.79 Å². The summed E-state index contributed by atoms with van der Waals surface area (Å²) in [6.07, 6.45) is 0. The summed E-state index contributed by atoms with van der Waals surface area (Å²) in [5.74, 6) is -0.617. The minimum absolute atomic E-state index is 0.217. The van der Waals surface area contributed by atoms with Crippen molar-refractivity contribution in [2.24, 2.45) is 5.73 Å². The summed E-state index contributed by atoms with van der Waals surface area (Å²) >= 11 is 0. The van der Waals surface area contributed by atoms with Crippen LogP contribution in [0.4, 0.5) is 21.0 Å². The molecule has 1 saturated heterocycles. The van der Waals surface area contributed by atoms with Gasteiger partial charge in [-0.15, -0.1) is 0 Å². The lowest BCUT2D eigenvalue weighted by molar-refractivity contribution is -0.120. The van der Waals surface area contributed by atoms with Crippen LogP contribution in [0.5, 0.6) is 0 Å². The van der Waals surface area contributed by atoms with Crippen LogP contribution in [0, 0.1) is 0 Å². The quantitative estimate of drug-likeness (QED) is 0.657. The third-order valence-electron chi connectivity index (χ3n) is 2.92. The van der Waals surface area contributed by atoms with Crippen molar-refractivity contribution in [1.29, 1.82) is 0 Å². The lowest BCUT2D eigenvalue weighted by Crippen LogP contribution is -2.43. The first-order chi connectivity index (χ1) is 9.49. The fraction of sp³-hybridized carbons (Fsp3) is 0.250. The SMILES string of the molecule is NC(=O)NC(=O)CN1CCN(c2ccccc2N)C1=O. The number of nitrogens with one attached hydrogen (secondary N) is 1. The molecule has 106 valence electrons. The molecule has 0 spiro atoms. The van der Waals surface area contributed by atoms with E-state index in [0.29, 0.717) is 24.5 Å². The van der Waals surface area contributed by atoms with Crippen molar-refractivity contribution in [3.8, 4) is 0 Å². The van der Waals surface area contributed by atoms with Gasteiger partial charge in [0.05, 0.1) is 11.4 Å². The molecule has 20 heavy (non-hydrogen) atoms. The first kappa shape index (κ1) is 13.7. The Labute approximate surface area is 115 Å². The molecule has 0 saturated carbocycles. The van der Waals surface area contributed by atoms with E-state index >= 15 is 0 Å². The maximum atomic E-state index is 12.2. The molecule has 0 atom stereocenters. The summed E-state index contributed by atoms with van der Waals surface area (Å²) in [6.45, 7) is 0.585. The van der Waals surface area contributed by atoms with E-state index in [4.69, 9.17) is 11.5 Å².